The van der Waals surface area contributed by atoms with Crippen LogP contribution in [0.2, 0.25) is 5.02 Å². The largest absolute Gasteiger partial charge is 0.480 e. The van der Waals surface area contributed by atoms with Crippen LogP contribution in [0.3, 0.4) is 0 Å². The van der Waals surface area contributed by atoms with E-state index < -0.39 is 6.04 Å². The molecule has 4 aromatic heterocycles. The summed E-state index contributed by atoms with van der Waals surface area (Å²) >= 11 is 6.24. The third kappa shape index (κ3) is 3.55. The molecule has 10 nitrogen and oxygen atoms in total. The summed E-state index contributed by atoms with van der Waals surface area (Å²) < 4.78 is 9.23. The molecule has 6 rings (SSSR count). The monoisotopic (exact) mass is 528 g/mol. The first-order chi connectivity index (χ1) is 18.3. The van der Waals surface area contributed by atoms with Crippen molar-refractivity contribution in [2.75, 3.05) is 12.0 Å². The highest BCUT2D eigenvalue weighted by molar-refractivity contribution is 6.30. The molecular formula is C27H25ClN8O2. The number of aryl methyl sites for hydroxylation is 2. The molecule has 1 amide bonds. The van der Waals surface area contributed by atoms with E-state index in [0.29, 0.717) is 45.0 Å². The number of carbonyl (C=O) groups excluding carboxylic acids is 1. The van der Waals surface area contributed by atoms with Crippen LogP contribution < -0.4 is 9.64 Å². The maximum Gasteiger partial charge on any atom is 0.280 e. The molecule has 0 spiro atoms. The Morgan fingerprint density at radius 2 is 1.87 bits per heavy atom. The average Bonchev–Trinajstić information content (AvgIpc) is 3.56. The number of carbonyl (C=O) groups is 1. The number of hydrogen-bond donors (Lipinski definition) is 0. The van der Waals surface area contributed by atoms with Crippen LogP contribution in [0.4, 0.5) is 5.82 Å². The molecule has 0 N–H and O–H groups in total. The van der Waals surface area contributed by atoms with E-state index in [2.05, 4.69) is 33.7 Å². The van der Waals surface area contributed by atoms with Crippen LogP contribution in [0.15, 0.2) is 48.7 Å². The standard InChI is InChI=1S/C27H25ClN8O2/c1-14(2)35-23-21(31-24(35)18-7-6-12-29-26(18)38-5)27(37)36(22(23)16-8-10-17(28)11-9-16)19-13-15(3)20-25(30-19)34(4)33-32-20/h6-14,22H,1-5H3/t22-/m0/s1. The number of rotatable bonds is 5. The van der Waals surface area contributed by atoms with Crippen molar-refractivity contribution in [3.63, 3.8) is 0 Å². The van der Waals surface area contributed by atoms with Crippen molar-refractivity contribution in [2.45, 2.75) is 32.9 Å². The quantitative estimate of drug-likeness (QED) is 0.319. The van der Waals surface area contributed by atoms with Crippen LogP contribution in [0.5, 0.6) is 5.88 Å². The molecule has 1 aromatic carbocycles. The minimum absolute atomic E-state index is 0.0211. The molecule has 0 radical (unpaired) electrons. The molecular weight excluding hydrogens is 504 g/mol. The fourth-order valence-corrected chi connectivity index (χ4v) is 5.23. The van der Waals surface area contributed by atoms with E-state index in [1.165, 1.54) is 0 Å². The first-order valence-corrected chi connectivity index (χ1v) is 12.6. The number of halogens is 1. The van der Waals surface area contributed by atoms with Gasteiger partial charge in [0.05, 0.1) is 18.4 Å². The summed E-state index contributed by atoms with van der Waals surface area (Å²) in [4.78, 5) is 30.0. The fraction of sp³-hybridized carbons (Fsp3) is 0.259. The van der Waals surface area contributed by atoms with Gasteiger partial charge < -0.3 is 9.30 Å². The molecule has 0 fully saturated rings. The number of ether oxygens (including phenoxy) is 1. The molecule has 0 saturated carbocycles. The first-order valence-electron chi connectivity index (χ1n) is 12.2. The molecule has 0 aliphatic carbocycles. The third-order valence-corrected chi connectivity index (χ3v) is 7.03. The SMILES string of the molecule is COc1ncccc1-c1nc2c(n1C(C)C)[C@H](c1ccc(Cl)cc1)N(c1cc(C)c3nnn(C)c3n1)C2=O. The Morgan fingerprint density at radius 1 is 1.11 bits per heavy atom. The molecule has 5 aromatic rings. The van der Waals surface area contributed by atoms with Crippen molar-refractivity contribution >= 4 is 34.5 Å². The second-order valence-corrected chi connectivity index (χ2v) is 9.94. The van der Waals surface area contributed by atoms with Crippen molar-refractivity contribution in [1.82, 2.24) is 34.5 Å². The molecule has 38 heavy (non-hydrogen) atoms. The van der Waals surface area contributed by atoms with Crippen molar-refractivity contribution in [3.05, 3.63) is 76.2 Å². The van der Waals surface area contributed by atoms with E-state index in [0.717, 1.165) is 16.8 Å². The highest BCUT2D eigenvalue weighted by Gasteiger charge is 2.45. The van der Waals surface area contributed by atoms with Crippen LogP contribution >= 0.6 is 11.6 Å². The maximum absolute atomic E-state index is 14.2. The molecule has 11 heteroatoms. The van der Waals surface area contributed by atoms with Gasteiger partial charge in [0.2, 0.25) is 5.88 Å². The van der Waals surface area contributed by atoms with Crippen LogP contribution in [-0.2, 0) is 7.05 Å². The lowest BCUT2D eigenvalue weighted by Gasteiger charge is -2.28. The minimum atomic E-state index is -0.494. The van der Waals surface area contributed by atoms with Crippen molar-refractivity contribution in [2.24, 2.45) is 7.05 Å². The van der Waals surface area contributed by atoms with E-state index in [1.807, 2.05) is 49.4 Å². The van der Waals surface area contributed by atoms with E-state index >= 15 is 0 Å². The predicted molar refractivity (Wildman–Crippen MR) is 144 cm³/mol. The number of fused-ring (bicyclic) bond motifs is 2. The van der Waals surface area contributed by atoms with Gasteiger partial charge in [-0.2, -0.15) is 0 Å². The van der Waals surface area contributed by atoms with Crippen molar-refractivity contribution in [3.8, 4) is 17.3 Å². The van der Waals surface area contributed by atoms with Gasteiger partial charge in [0.1, 0.15) is 23.2 Å². The summed E-state index contributed by atoms with van der Waals surface area (Å²) in [6.07, 6.45) is 1.67. The van der Waals surface area contributed by atoms with Crippen LogP contribution in [0, 0.1) is 6.92 Å². The van der Waals surface area contributed by atoms with E-state index in [4.69, 9.17) is 26.3 Å². The van der Waals surface area contributed by atoms with Gasteiger partial charge in [0.25, 0.3) is 5.91 Å². The van der Waals surface area contributed by atoms with E-state index in [-0.39, 0.29) is 11.9 Å². The molecule has 5 heterocycles. The van der Waals surface area contributed by atoms with Crippen molar-refractivity contribution < 1.29 is 9.53 Å². The number of benzene rings is 1. The van der Waals surface area contributed by atoms with E-state index in [1.54, 1.807) is 29.9 Å². The number of pyridine rings is 2. The summed E-state index contributed by atoms with van der Waals surface area (Å²) in [5.41, 5.74) is 4.90. The molecule has 1 atom stereocenters. The Labute approximate surface area is 223 Å². The smallest absolute Gasteiger partial charge is 0.280 e. The normalized spacial score (nSPS) is 15.1. The Bertz CT molecular complexity index is 1710. The van der Waals surface area contributed by atoms with Crippen molar-refractivity contribution in [1.29, 1.82) is 0 Å². The fourth-order valence-electron chi connectivity index (χ4n) is 5.10. The van der Waals surface area contributed by atoms with Crippen LogP contribution in [0.1, 0.15) is 53.2 Å². The molecule has 0 bridgehead atoms. The summed E-state index contributed by atoms with van der Waals surface area (Å²) in [7, 11) is 3.35. The number of hydrogen-bond acceptors (Lipinski definition) is 7. The lowest BCUT2D eigenvalue weighted by atomic mass is 10.0. The summed E-state index contributed by atoms with van der Waals surface area (Å²) in [5, 5.41) is 8.94. The summed E-state index contributed by atoms with van der Waals surface area (Å²) in [6.45, 7) is 6.07. The number of nitrogens with zero attached hydrogens (tertiary/aromatic N) is 8. The summed E-state index contributed by atoms with van der Waals surface area (Å²) in [5.74, 6) is 1.32. The van der Waals surface area contributed by atoms with Gasteiger partial charge in [-0.15, -0.1) is 5.10 Å². The number of imidazole rings is 1. The summed E-state index contributed by atoms with van der Waals surface area (Å²) in [6, 6.07) is 12.6. The molecule has 1 aliphatic rings. The van der Waals surface area contributed by atoms with Crippen LogP contribution in [-0.4, -0.2) is 47.5 Å². The molecule has 192 valence electrons. The van der Waals surface area contributed by atoms with Gasteiger partial charge >= 0.3 is 0 Å². The highest BCUT2D eigenvalue weighted by atomic mass is 35.5. The number of amides is 1. The van der Waals surface area contributed by atoms with Gasteiger partial charge in [-0.05, 0) is 62.2 Å². The highest BCUT2D eigenvalue weighted by Crippen LogP contribution is 2.45. The Balaban J connectivity index is 1.62. The third-order valence-electron chi connectivity index (χ3n) is 6.78. The van der Waals surface area contributed by atoms with E-state index in [9.17, 15) is 4.79 Å². The van der Waals surface area contributed by atoms with Gasteiger partial charge in [-0.1, -0.05) is 28.9 Å². The first kappa shape index (κ1) is 24.1. The number of methoxy groups -OCH3 is 1. The Morgan fingerprint density at radius 3 is 2.58 bits per heavy atom. The zero-order chi connectivity index (χ0) is 26.7. The predicted octanol–water partition coefficient (Wildman–Crippen LogP) is 4.92. The number of aromatic nitrogens is 7. The molecule has 0 unspecified atom stereocenters. The lowest BCUT2D eigenvalue weighted by Crippen LogP contribution is -2.31. The van der Waals surface area contributed by atoms with Gasteiger partial charge in [-0.25, -0.2) is 19.6 Å². The molecule has 1 aliphatic heterocycles. The second-order valence-electron chi connectivity index (χ2n) is 9.51. The Kier molecular flexibility index (Phi) is 5.64. The van der Waals surface area contributed by atoms with Gasteiger partial charge in [-0.3, -0.25) is 9.69 Å². The average molecular weight is 529 g/mol. The van der Waals surface area contributed by atoms with Gasteiger partial charge in [0.15, 0.2) is 11.3 Å². The number of anilines is 1. The zero-order valence-electron chi connectivity index (χ0n) is 21.5. The minimum Gasteiger partial charge on any atom is -0.480 e. The molecule has 0 saturated heterocycles. The lowest BCUT2D eigenvalue weighted by molar-refractivity contribution is 0.0989. The maximum atomic E-state index is 14.2. The topological polar surface area (TPSA) is 104 Å². The Hall–Kier alpha value is -4.31. The van der Waals surface area contributed by atoms with Crippen LogP contribution in [0.25, 0.3) is 22.6 Å². The second kappa shape index (κ2) is 8.91. The van der Waals surface area contributed by atoms with Gasteiger partial charge in [0, 0.05) is 24.3 Å². The zero-order valence-corrected chi connectivity index (χ0v) is 22.3.